The molecule has 0 aromatic rings. The number of hydrogen-bond donors (Lipinski definition) is 1. The Morgan fingerprint density at radius 1 is 1.33 bits per heavy atom. The number of rotatable bonds is 5. The fraction of sp³-hybridized carbons (Fsp3) is 1.00. The molecule has 0 amide bonds. The van der Waals surface area contributed by atoms with Crippen molar-refractivity contribution in [2.24, 2.45) is 5.92 Å². The average Bonchev–Trinajstić information content (AvgIpc) is 2.17. The summed E-state index contributed by atoms with van der Waals surface area (Å²) < 4.78 is 5.54. The molecule has 0 spiro atoms. The molecule has 1 aliphatic rings. The fourth-order valence-corrected chi connectivity index (χ4v) is 1.96. The predicted octanol–water partition coefficient (Wildman–Crippen LogP) is 1.34. The summed E-state index contributed by atoms with van der Waals surface area (Å²) in [7, 11) is 0. The minimum absolute atomic E-state index is 0.395. The zero-order valence-corrected chi connectivity index (χ0v) is 10.6. The van der Waals surface area contributed by atoms with Crippen LogP contribution in [0, 0.1) is 5.92 Å². The third kappa shape index (κ3) is 4.96. The van der Waals surface area contributed by atoms with Gasteiger partial charge in [-0.2, -0.15) is 0 Å². The molecule has 0 bridgehead atoms. The molecular weight excluding hydrogens is 188 g/mol. The topological polar surface area (TPSA) is 24.5 Å². The van der Waals surface area contributed by atoms with Crippen LogP contribution in [0.1, 0.15) is 27.7 Å². The zero-order valence-electron chi connectivity index (χ0n) is 10.6. The van der Waals surface area contributed by atoms with Gasteiger partial charge in [-0.05, 0) is 26.3 Å². The Bertz CT molecular complexity index is 173. The van der Waals surface area contributed by atoms with E-state index in [4.69, 9.17) is 4.74 Å². The van der Waals surface area contributed by atoms with Crippen molar-refractivity contribution in [3.63, 3.8) is 0 Å². The molecule has 90 valence electrons. The Kier molecular flexibility index (Phi) is 5.58. The highest BCUT2D eigenvalue weighted by Crippen LogP contribution is 2.07. The highest BCUT2D eigenvalue weighted by atomic mass is 16.5. The minimum Gasteiger partial charge on any atom is -0.376 e. The van der Waals surface area contributed by atoms with Crippen LogP contribution in [0.4, 0.5) is 0 Å². The van der Waals surface area contributed by atoms with Crippen LogP contribution in [0.2, 0.25) is 0 Å². The standard InChI is InChI=1S/C12H26N2O/c1-10(2)7-13-8-11(3)14-5-6-15-12(4)9-14/h10-13H,5-9H2,1-4H3. The summed E-state index contributed by atoms with van der Waals surface area (Å²) in [6, 6.07) is 0.620. The Morgan fingerprint density at radius 2 is 2.07 bits per heavy atom. The van der Waals surface area contributed by atoms with Crippen LogP contribution >= 0.6 is 0 Å². The number of ether oxygens (including phenoxy) is 1. The van der Waals surface area contributed by atoms with E-state index in [2.05, 4.69) is 37.9 Å². The molecule has 0 aliphatic carbocycles. The highest BCUT2D eigenvalue weighted by molar-refractivity contribution is 4.75. The van der Waals surface area contributed by atoms with E-state index in [9.17, 15) is 0 Å². The van der Waals surface area contributed by atoms with Crippen molar-refractivity contribution in [2.75, 3.05) is 32.8 Å². The molecule has 1 aliphatic heterocycles. The third-order valence-electron chi connectivity index (χ3n) is 2.89. The lowest BCUT2D eigenvalue weighted by Crippen LogP contribution is -2.49. The first kappa shape index (κ1) is 12.9. The third-order valence-corrected chi connectivity index (χ3v) is 2.89. The molecular formula is C12H26N2O. The molecule has 2 atom stereocenters. The molecule has 0 aromatic carbocycles. The summed E-state index contributed by atoms with van der Waals surface area (Å²) >= 11 is 0. The Hall–Kier alpha value is -0.120. The predicted molar refractivity (Wildman–Crippen MR) is 64.2 cm³/mol. The largest absolute Gasteiger partial charge is 0.376 e. The number of hydrogen-bond acceptors (Lipinski definition) is 3. The van der Waals surface area contributed by atoms with Crippen molar-refractivity contribution in [3.8, 4) is 0 Å². The van der Waals surface area contributed by atoms with Crippen LogP contribution < -0.4 is 5.32 Å². The van der Waals surface area contributed by atoms with Gasteiger partial charge < -0.3 is 10.1 Å². The van der Waals surface area contributed by atoms with E-state index < -0.39 is 0 Å². The van der Waals surface area contributed by atoms with Crippen molar-refractivity contribution >= 4 is 0 Å². The average molecular weight is 214 g/mol. The Balaban J connectivity index is 2.17. The first-order chi connectivity index (χ1) is 7.09. The van der Waals surface area contributed by atoms with E-state index in [1.165, 1.54) is 0 Å². The van der Waals surface area contributed by atoms with Gasteiger partial charge in [0.2, 0.25) is 0 Å². The summed E-state index contributed by atoms with van der Waals surface area (Å²) in [6.07, 6.45) is 0.395. The van der Waals surface area contributed by atoms with E-state index in [0.29, 0.717) is 12.1 Å². The molecule has 3 nitrogen and oxygen atoms in total. The first-order valence-corrected chi connectivity index (χ1v) is 6.16. The summed E-state index contributed by atoms with van der Waals surface area (Å²) in [6.45, 7) is 14.2. The smallest absolute Gasteiger partial charge is 0.0674 e. The molecule has 1 saturated heterocycles. The Morgan fingerprint density at radius 3 is 2.67 bits per heavy atom. The number of morpholine rings is 1. The van der Waals surface area contributed by atoms with Gasteiger partial charge in [-0.15, -0.1) is 0 Å². The molecule has 0 radical (unpaired) electrons. The van der Waals surface area contributed by atoms with Gasteiger partial charge in [-0.1, -0.05) is 13.8 Å². The van der Waals surface area contributed by atoms with Crippen molar-refractivity contribution in [1.29, 1.82) is 0 Å². The molecule has 0 saturated carbocycles. The molecule has 1 rings (SSSR count). The van der Waals surface area contributed by atoms with Crippen molar-refractivity contribution < 1.29 is 4.74 Å². The van der Waals surface area contributed by atoms with Gasteiger partial charge in [0.1, 0.15) is 0 Å². The molecule has 2 unspecified atom stereocenters. The summed E-state index contributed by atoms with van der Waals surface area (Å²) in [4.78, 5) is 2.52. The van der Waals surface area contributed by atoms with Crippen LogP contribution in [0.25, 0.3) is 0 Å². The van der Waals surface area contributed by atoms with E-state index in [-0.39, 0.29) is 0 Å². The van der Waals surface area contributed by atoms with Crippen LogP contribution in [0.5, 0.6) is 0 Å². The fourth-order valence-electron chi connectivity index (χ4n) is 1.96. The molecule has 1 fully saturated rings. The van der Waals surface area contributed by atoms with Gasteiger partial charge in [0.15, 0.2) is 0 Å². The lowest BCUT2D eigenvalue weighted by molar-refractivity contribution is -0.0312. The first-order valence-electron chi connectivity index (χ1n) is 6.16. The Labute approximate surface area is 94.2 Å². The van der Waals surface area contributed by atoms with Crippen molar-refractivity contribution in [2.45, 2.75) is 39.8 Å². The van der Waals surface area contributed by atoms with Gasteiger partial charge in [-0.3, -0.25) is 4.90 Å². The molecule has 1 heterocycles. The monoisotopic (exact) mass is 214 g/mol. The van der Waals surface area contributed by atoms with Gasteiger partial charge in [-0.25, -0.2) is 0 Å². The van der Waals surface area contributed by atoms with Crippen molar-refractivity contribution in [1.82, 2.24) is 10.2 Å². The van der Waals surface area contributed by atoms with E-state index in [1.54, 1.807) is 0 Å². The molecule has 15 heavy (non-hydrogen) atoms. The normalized spacial score (nSPS) is 25.8. The maximum absolute atomic E-state index is 5.54. The van der Waals surface area contributed by atoms with E-state index >= 15 is 0 Å². The highest BCUT2D eigenvalue weighted by Gasteiger charge is 2.20. The number of nitrogens with zero attached hydrogens (tertiary/aromatic N) is 1. The van der Waals surface area contributed by atoms with Crippen LogP contribution in [0.3, 0.4) is 0 Å². The summed E-state index contributed by atoms with van der Waals surface area (Å²) in [5.41, 5.74) is 0. The van der Waals surface area contributed by atoms with Crippen LogP contribution in [-0.2, 0) is 4.74 Å². The van der Waals surface area contributed by atoms with Crippen molar-refractivity contribution in [3.05, 3.63) is 0 Å². The summed E-state index contributed by atoms with van der Waals surface area (Å²) in [5.74, 6) is 0.737. The zero-order chi connectivity index (χ0) is 11.3. The van der Waals surface area contributed by atoms with E-state index in [1.807, 2.05) is 0 Å². The van der Waals surface area contributed by atoms with Gasteiger partial charge >= 0.3 is 0 Å². The van der Waals surface area contributed by atoms with E-state index in [0.717, 1.165) is 38.7 Å². The maximum atomic E-state index is 5.54. The second kappa shape index (κ2) is 6.46. The minimum atomic E-state index is 0.395. The maximum Gasteiger partial charge on any atom is 0.0674 e. The second-order valence-corrected chi connectivity index (χ2v) is 5.08. The second-order valence-electron chi connectivity index (χ2n) is 5.08. The van der Waals surface area contributed by atoms with Crippen LogP contribution in [-0.4, -0.2) is 49.8 Å². The summed E-state index contributed by atoms with van der Waals surface area (Å²) in [5, 5.41) is 3.51. The van der Waals surface area contributed by atoms with Gasteiger partial charge in [0.25, 0.3) is 0 Å². The SMILES string of the molecule is CC(C)CNCC(C)N1CCOC(C)C1. The van der Waals surface area contributed by atoms with Crippen LogP contribution in [0.15, 0.2) is 0 Å². The molecule has 3 heteroatoms. The quantitative estimate of drug-likeness (QED) is 0.747. The molecule has 1 N–H and O–H groups in total. The van der Waals surface area contributed by atoms with Gasteiger partial charge in [0, 0.05) is 25.7 Å². The lowest BCUT2D eigenvalue weighted by atomic mass is 10.2. The number of nitrogens with one attached hydrogen (secondary N) is 1. The lowest BCUT2D eigenvalue weighted by Gasteiger charge is -2.35. The molecule has 0 aromatic heterocycles. The van der Waals surface area contributed by atoms with Gasteiger partial charge in [0.05, 0.1) is 12.7 Å².